The number of nitrogen functional groups attached to an aromatic ring is 1. The van der Waals surface area contributed by atoms with Gasteiger partial charge in [-0.1, -0.05) is 6.07 Å². The first kappa shape index (κ1) is 8.96. The fraction of sp³-hybridized carbons (Fsp3) is 0.375. The summed E-state index contributed by atoms with van der Waals surface area (Å²) >= 11 is 0. The molecule has 0 radical (unpaired) electrons. The summed E-state index contributed by atoms with van der Waals surface area (Å²) in [6.07, 6.45) is 2.48. The topological polar surface area (TPSA) is 77.0 Å². The quantitative estimate of drug-likeness (QED) is 0.438. The van der Waals surface area contributed by atoms with Crippen LogP contribution >= 0.6 is 0 Å². The predicted molar refractivity (Wildman–Crippen MR) is 49.1 cm³/mol. The summed E-state index contributed by atoms with van der Waals surface area (Å²) in [6.45, 7) is 1.99. The first-order valence-electron chi connectivity index (χ1n) is 3.89. The second-order valence-electron chi connectivity index (χ2n) is 2.82. The first-order chi connectivity index (χ1) is 5.74. The Hall–Kier alpha value is -1.13. The maximum Gasteiger partial charge on any atom is 0.126 e. The monoisotopic (exact) mass is 166 g/mol. The Kier molecular flexibility index (Phi) is 3.01. The van der Waals surface area contributed by atoms with E-state index in [1.54, 1.807) is 6.20 Å². The molecule has 0 amide bonds. The van der Waals surface area contributed by atoms with E-state index in [4.69, 9.17) is 11.6 Å². The molecular weight excluding hydrogens is 152 g/mol. The number of anilines is 1. The number of rotatable bonds is 3. The number of hydrogen-bond donors (Lipinski definition) is 3. The van der Waals surface area contributed by atoms with Gasteiger partial charge in [-0.3, -0.25) is 11.3 Å². The predicted octanol–water partition coefficient (Wildman–Crippen LogP) is 0.0581. The molecule has 1 aromatic heterocycles. The Bertz CT molecular complexity index is 249. The molecule has 0 fully saturated rings. The third kappa shape index (κ3) is 2.18. The van der Waals surface area contributed by atoms with Crippen LogP contribution in [0, 0.1) is 0 Å². The highest BCUT2D eigenvalue weighted by molar-refractivity contribution is 5.38. The van der Waals surface area contributed by atoms with Gasteiger partial charge >= 0.3 is 0 Å². The van der Waals surface area contributed by atoms with Crippen LogP contribution < -0.4 is 17.0 Å². The SMILES string of the molecule is CC(Cc1cccnc1N)NN. The molecule has 0 aromatic carbocycles. The van der Waals surface area contributed by atoms with Crippen molar-refractivity contribution in [2.24, 2.45) is 5.84 Å². The second-order valence-corrected chi connectivity index (χ2v) is 2.82. The standard InChI is InChI=1S/C8H14N4/c1-6(12-10)5-7-3-2-4-11-8(7)9/h2-4,6,12H,5,10H2,1H3,(H2,9,11). The maximum absolute atomic E-state index is 5.64. The van der Waals surface area contributed by atoms with Crippen LogP contribution in [0.25, 0.3) is 0 Å². The van der Waals surface area contributed by atoms with E-state index >= 15 is 0 Å². The van der Waals surface area contributed by atoms with Gasteiger partial charge in [-0.25, -0.2) is 4.98 Å². The van der Waals surface area contributed by atoms with E-state index in [0.29, 0.717) is 5.82 Å². The molecule has 1 heterocycles. The van der Waals surface area contributed by atoms with Crippen molar-refractivity contribution in [3.8, 4) is 0 Å². The van der Waals surface area contributed by atoms with Crippen molar-refractivity contribution in [2.75, 3.05) is 5.73 Å². The zero-order valence-corrected chi connectivity index (χ0v) is 7.12. The van der Waals surface area contributed by atoms with Crippen LogP contribution in [0.1, 0.15) is 12.5 Å². The number of pyridine rings is 1. The first-order valence-corrected chi connectivity index (χ1v) is 3.89. The summed E-state index contributed by atoms with van der Waals surface area (Å²) in [5, 5.41) is 0. The highest BCUT2D eigenvalue weighted by Gasteiger charge is 2.03. The summed E-state index contributed by atoms with van der Waals surface area (Å²) in [6, 6.07) is 4.04. The lowest BCUT2D eigenvalue weighted by atomic mass is 10.1. The third-order valence-electron chi connectivity index (χ3n) is 1.74. The molecule has 0 spiro atoms. The van der Waals surface area contributed by atoms with Gasteiger partial charge < -0.3 is 5.73 Å². The molecule has 1 unspecified atom stereocenters. The average molecular weight is 166 g/mol. The van der Waals surface area contributed by atoms with Crippen molar-refractivity contribution in [3.63, 3.8) is 0 Å². The Morgan fingerprint density at radius 2 is 2.42 bits per heavy atom. The zero-order valence-electron chi connectivity index (χ0n) is 7.12. The largest absolute Gasteiger partial charge is 0.383 e. The number of nitrogens with one attached hydrogen (secondary N) is 1. The third-order valence-corrected chi connectivity index (χ3v) is 1.74. The van der Waals surface area contributed by atoms with Gasteiger partial charge in [0.15, 0.2) is 0 Å². The summed E-state index contributed by atoms with van der Waals surface area (Å²) in [5.41, 5.74) is 9.33. The van der Waals surface area contributed by atoms with E-state index in [0.717, 1.165) is 12.0 Å². The molecule has 12 heavy (non-hydrogen) atoms. The van der Waals surface area contributed by atoms with Gasteiger partial charge in [0, 0.05) is 12.2 Å². The van der Waals surface area contributed by atoms with E-state index in [1.807, 2.05) is 19.1 Å². The molecule has 0 saturated carbocycles. The minimum absolute atomic E-state index is 0.219. The number of hydrogen-bond acceptors (Lipinski definition) is 4. The smallest absolute Gasteiger partial charge is 0.126 e. The van der Waals surface area contributed by atoms with E-state index in [-0.39, 0.29) is 6.04 Å². The van der Waals surface area contributed by atoms with Crippen LogP contribution in [0.5, 0.6) is 0 Å². The van der Waals surface area contributed by atoms with Crippen LogP contribution in [-0.4, -0.2) is 11.0 Å². The van der Waals surface area contributed by atoms with Crippen LogP contribution in [0.15, 0.2) is 18.3 Å². The molecule has 0 bridgehead atoms. The molecule has 0 aliphatic rings. The maximum atomic E-state index is 5.64. The number of nitrogens with zero attached hydrogens (tertiary/aromatic N) is 1. The minimum Gasteiger partial charge on any atom is -0.383 e. The lowest BCUT2D eigenvalue weighted by Gasteiger charge is -2.10. The van der Waals surface area contributed by atoms with E-state index in [9.17, 15) is 0 Å². The van der Waals surface area contributed by atoms with Gasteiger partial charge in [-0.2, -0.15) is 0 Å². The lowest BCUT2D eigenvalue weighted by Crippen LogP contribution is -2.34. The highest BCUT2D eigenvalue weighted by atomic mass is 15.2. The Morgan fingerprint density at radius 1 is 1.67 bits per heavy atom. The fourth-order valence-electron chi connectivity index (χ4n) is 1.01. The van der Waals surface area contributed by atoms with Crippen molar-refractivity contribution < 1.29 is 0 Å². The Morgan fingerprint density at radius 3 is 3.00 bits per heavy atom. The van der Waals surface area contributed by atoms with Crippen LogP contribution in [0.2, 0.25) is 0 Å². The molecule has 0 aliphatic heterocycles. The fourth-order valence-corrected chi connectivity index (χ4v) is 1.01. The van der Waals surface area contributed by atoms with E-state index in [1.165, 1.54) is 0 Å². The summed E-state index contributed by atoms with van der Waals surface area (Å²) in [4.78, 5) is 3.98. The summed E-state index contributed by atoms with van der Waals surface area (Å²) in [7, 11) is 0. The van der Waals surface area contributed by atoms with E-state index in [2.05, 4.69) is 10.4 Å². The average Bonchev–Trinajstić information content (AvgIpc) is 2.09. The molecule has 1 aromatic rings. The van der Waals surface area contributed by atoms with Crippen LogP contribution in [0.4, 0.5) is 5.82 Å². The van der Waals surface area contributed by atoms with Gasteiger partial charge in [-0.15, -0.1) is 0 Å². The molecule has 4 nitrogen and oxygen atoms in total. The van der Waals surface area contributed by atoms with E-state index < -0.39 is 0 Å². The number of hydrazine groups is 1. The van der Waals surface area contributed by atoms with Gasteiger partial charge in [-0.05, 0) is 25.0 Å². The highest BCUT2D eigenvalue weighted by Crippen LogP contribution is 2.08. The molecule has 1 atom stereocenters. The van der Waals surface area contributed by atoms with Gasteiger partial charge in [0.25, 0.3) is 0 Å². The normalized spacial score (nSPS) is 12.8. The molecule has 0 saturated heterocycles. The molecule has 0 aliphatic carbocycles. The summed E-state index contributed by atoms with van der Waals surface area (Å²) < 4.78 is 0. The van der Waals surface area contributed by atoms with Crippen molar-refractivity contribution in [2.45, 2.75) is 19.4 Å². The van der Waals surface area contributed by atoms with Gasteiger partial charge in [0.2, 0.25) is 0 Å². The summed E-state index contributed by atoms with van der Waals surface area (Å²) in [5.74, 6) is 5.84. The number of aromatic nitrogens is 1. The van der Waals surface area contributed by atoms with Crippen molar-refractivity contribution in [1.82, 2.24) is 10.4 Å². The van der Waals surface area contributed by atoms with Gasteiger partial charge in [0.1, 0.15) is 5.82 Å². The molecule has 1 rings (SSSR count). The Labute approximate surface area is 71.9 Å². The molecule has 4 heteroatoms. The molecule has 5 N–H and O–H groups in total. The van der Waals surface area contributed by atoms with Crippen molar-refractivity contribution in [1.29, 1.82) is 0 Å². The zero-order chi connectivity index (χ0) is 8.97. The second kappa shape index (κ2) is 4.04. The molecule has 66 valence electrons. The molecular formula is C8H14N4. The van der Waals surface area contributed by atoms with Crippen molar-refractivity contribution in [3.05, 3.63) is 23.9 Å². The van der Waals surface area contributed by atoms with Crippen molar-refractivity contribution >= 4 is 5.82 Å². The Balaban J connectivity index is 2.69. The minimum atomic E-state index is 0.219. The van der Waals surface area contributed by atoms with Crippen LogP contribution in [0.3, 0.4) is 0 Å². The van der Waals surface area contributed by atoms with Gasteiger partial charge in [0.05, 0.1) is 0 Å². The number of nitrogens with two attached hydrogens (primary N) is 2. The van der Waals surface area contributed by atoms with Crippen LogP contribution in [-0.2, 0) is 6.42 Å². The lowest BCUT2D eigenvalue weighted by molar-refractivity contribution is 0.568.